The maximum absolute atomic E-state index is 12.3. The zero-order valence-corrected chi connectivity index (χ0v) is 10.3. The van der Waals surface area contributed by atoms with Crippen LogP contribution in [0, 0.1) is 5.92 Å². The van der Waals surface area contributed by atoms with Crippen LogP contribution in [0.1, 0.15) is 18.4 Å². The molecule has 3 rings (SSSR count). The van der Waals surface area contributed by atoms with Crippen molar-refractivity contribution < 1.29 is 9.59 Å². The van der Waals surface area contributed by atoms with Crippen LogP contribution in [0.15, 0.2) is 24.3 Å². The molecule has 4 heteroatoms. The Labute approximate surface area is 106 Å². The lowest BCUT2D eigenvalue weighted by atomic mass is 10.1. The van der Waals surface area contributed by atoms with Crippen LogP contribution < -0.4 is 10.2 Å². The standard InChI is InChI=1S/C14H16N2O2/c1-15-13(17)12-8-10-4-2-3-5-11(10)16(12)14(18)9-6-7-9/h2-5,9,12H,6-8H2,1H3,(H,15,17). The molecule has 1 aromatic carbocycles. The molecule has 0 bridgehead atoms. The lowest BCUT2D eigenvalue weighted by molar-refractivity contribution is -0.126. The molecule has 1 aliphatic heterocycles. The molecule has 4 nitrogen and oxygen atoms in total. The summed E-state index contributed by atoms with van der Waals surface area (Å²) in [5, 5.41) is 2.65. The molecule has 94 valence electrons. The molecular formula is C14H16N2O2. The number of rotatable bonds is 2. The molecule has 1 N–H and O–H groups in total. The van der Waals surface area contributed by atoms with Crippen LogP contribution in [0.5, 0.6) is 0 Å². The summed E-state index contributed by atoms with van der Waals surface area (Å²) in [6.45, 7) is 0. The third-order valence-electron chi connectivity index (χ3n) is 3.69. The molecular weight excluding hydrogens is 228 g/mol. The second-order valence-corrected chi connectivity index (χ2v) is 4.95. The molecule has 0 radical (unpaired) electrons. The summed E-state index contributed by atoms with van der Waals surface area (Å²) in [5.41, 5.74) is 1.99. The molecule has 2 aliphatic rings. The Bertz CT molecular complexity index is 508. The minimum Gasteiger partial charge on any atom is -0.357 e. The van der Waals surface area contributed by atoms with Gasteiger partial charge in [-0.2, -0.15) is 0 Å². The van der Waals surface area contributed by atoms with E-state index in [1.54, 1.807) is 11.9 Å². The fraction of sp³-hybridized carbons (Fsp3) is 0.429. The van der Waals surface area contributed by atoms with E-state index in [1.165, 1.54) is 0 Å². The van der Waals surface area contributed by atoms with Gasteiger partial charge in [0.25, 0.3) is 0 Å². The Morgan fingerprint density at radius 1 is 1.28 bits per heavy atom. The molecule has 2 amide bonds. The van der Waals surface area contributed by atoms with E-state index < -0.39 is 0 Å². The first-order valence-electron chi connectivity index (χ1n) is 6.35. The highest BCUT2D eigenvalue weighted by atomic mass is 16.2. The Hall–Kier alpha value is -1.84. The first-order valence-corrected chi connectivity index (χ1v) is 6.35. The molecule has 1 unspecified atom stereocenters. The number of likely N-dealkylation sites (N-methyl/N-ethyl adjacent to an activating group) is 1. The fourth-order valence-electron chi connectivity index (χ4n) is 2.56. The lowest BCUT2D eigenvalue weighted by Gasteiger charge is -2.24. The van der Waals surface area contributed by atoms with Crippen molar-refractivity contribution in [2.45, 2.75) is 25.3 Å². The molecule has 1 aliphatic carbocycles. The molecule has 1 fully saturated rings. The molecule has 0 saturated heterocycles. The van der Waals surface area contributed by atoms with E-state index in [1.807, 2.05) is 24.3 Å². The van der Waals surface area contributed by atoms with Crippen molar-refractivity contribution in [3.8, 4) is 0 Å². The normalized spacial score (nSPS) is 21.6. The van der Waals surface area contributed by atoms with Crippen molar-refractivity contribution in [3.05, 3.63) is 29.8 Å². The van der Waals surface area contributed by atoms with E-state index >= 15 is 0 Å². The molecule has 18 heavy (non-hydrogen) atoms. The molecule has 1 heterocycles. The second kappa shape index (κ2) is 4.12. The third-order valence-corrected chi connectivity index (χ3v) is 3.69. The van der Waals surface area contributed by atoms with Crippen LogP contribution in [-0.2, 0) is 16.0 Å². The number of para-hydroxylation sites is 1. The van der Waals surface area contributed by atoms with Crippen molar-refractivity contribution in [1.82, 2.24) is 5.32 Å². The van der Waals surface area contributed by atoms with Crippen LogP contribution >= 0.6 is 0 Å². The predicted molar refractivity (Wildman–Crippen MR) is 68.2 cm³/mol. The number of hydrogen-bond donors (Lipinski definition) is 1. The van der Waals surface area contributed by atoms with Crippen LogP contribution in [0.3, 0.4) is 0 Å². The minimum absolute atomic E-state index is 0.0831. The molecule has 1 saturated carbocycles. The Balaban J connectivity index is 1.98. The molecule has 1 atom stereocenters. The predicted octanol–water partition coefficient (Wildman–Crippen LogP) is 1.10. The Morgan fingerprint density at radius 2 is 2.00 bits per heavy atom. The first-order chi connectivity index (χ1) is 8.72. The average Bonchev–Trinajstić information content (AvgIpc) is 3.17. The largest absolute Gasteiger partial charge is 0.357 e. The van der Waals surface area contributed by atoms with Crippen LogP contribution in [0.2, 0.25) is 0 Å². The summed E-state index contributed by atoms with van der Waals surface area (Å²) in [4.78, 5) is 26.0. The topological polar surface area (TPSA) is 49.4 Å². The number of carbonyl (C=O) groups is 2. The fourth-order valence-corrected chi connectivity index (χ4v) is 2.56. The quantitative estimate of drug-likeness (QED) is 0.847. The van der Waals surface area contributed by atoms with E-state index in [-0.39, 0.29) is 23.8 Å². The van der Waals surface area contributed by atoms with Gasteiger partial charge in [-0.15, -0.1) is 0 Å². The first kappa shape index (κ1) is 11.3. The highest BCUT2D eigenvalue weighted by molar-refractivity contribution is 6.05. The molecule has 0 spiro atoms. The van der Waals surface area contributed by atoms with Crippen molar-refractivity contribution in [3.63, 3.8) is 0 Å². The monoisotopic (exact) mass is 244 g/mol. The summed E-state index contributed by atoms with van der Waals surface area (Å²) in [7, 11) is 1.62. The van der Waals surface area contributed by atoms with E-state index in [0.717, 1.165) is 24.1 Å². The van der Waals surface area contributed by atoms with Crippen LogP contribution in [0.25, 0.3) is 0 Å². The number of fused-ring (bicyclic) bond motifs is 1. The van der Waals surface area contributed by atoms with Gasteiger partial charge in [0.2, 0.25) is 11.8 Å². The van der Waals surface area contributed by atoms with E-state index in [4.69, 9.17) is 0 Å². The van der Waals surface area contributed by atoms with Crippen molar-refractivity contribution in [1.29, 1.82) is 0 Å². The number of anilines is 1. The number of amides is 2. The van der Waals surface area contributed by atoms with Gasteiger partial charge in [-0.05, 0) is 24.5 Å². The van der Waals surface area contributed by atoms with Gasteiger partial charge in [0.1, 0.15) is 6.04 Å². The van der Waals surface area contributed by atoms with Gasteiger partial charge in [-0.25, -0.2) is 0 Å². The van der Waals surface area contributed by atoms with Gasteiger partial charge in [-0.1, -0.05) is 18.2 Å². The summed E-state index contributed by atoms with van der Waals surface area (Å²) in [6, 6.07) is 7.41. The van der Waals surface area contributed by atoms with Crippen LogP contribution in [0.4, 0.5) is 5.69 Å². The van der Waals surface area contributed by atoms with Crippen molar-refractivity contribution in [2.24, 2.45) is 5.92 Å². The maximum atomic E-state index is 12.3. The van der Waals surface area contributed by atoms with Gasteiger partial charge in [0, 0.05) is 25.1 Å². The van der Waals surface area contributed by atoms with Crippen molar-refractivity contribution in [2.75, 3.05) is 11.9 Å². The molecule has 1 aromatic rings. The Morgan fingerprint density at radius 3 is 2.67 bits per heavy atom. The summed E-state index contributed by atoms with van der Waals surface area (Å²) in [6.07, 6.45) is 2.53. The lowest BCUT2D eigenvalue weighted by Crippen LogP contribution is -2.47. The average molecular weight is 244 g/mol. The zero-order chi connectivity index (χ0) is 12.7. The highest BCUT2D eigenvalue weighted by Gasteiger charge is 2.43. The smallest absolute Gasteiger partial charge is 0.243 e. The number of carbonyl (C=O) groups excluding carboxylic acids is 2. The summed E-state index contributed by atoms with van der Waals surface area (Å²) >= 11 is 0. The maximum Gasteiger partial charge on any atom is 0.243 e. The van der Waals surface area contributed by atoms with E-state index in [0.29, 0.717) is 6.42 Å². The molecule has 0 aromatic heterocycles. The van der Waals surface area contributed by atoms with Gasteiger partial charge in [0.05, 0.1) is 0 Å². The van der Waals surface area contributed by atoms with Crippen LogP contribution in [-0.4, -0.2) is 24.9 Å². The van der Waals surface area contributed by atoms with Gasteiger partial charge in [0.15, 0.2) is 0 Å². The highest BCUT2D eigenvalue weighted by Crippen LogP contribution is 2.38. The third kappa shape index (κ3) is 1.68. The van der Waals surface area contributed by atoms with E-state index in [2.05, 4.69) is 5.32 Å². The van der Waals surface area contributed by atoms with Crippen molar-refractivity contribution >= 4 is 17.5 Å². The van der Waals surface area contributed by atoms with Gasteiger partial charge in [-0.3, -0.25) is 14.5 Å². The summed E-state index contributed by atoms with van der Waals surface area (Å²) < 4.78 is 0. The SMILES string of the molecule is CNC(=O)C1Cc2ccccc2N1C(=O)C1CC1. The minimum atomic E-state index is -0.375. The van der Waals surface area contributed by atoms with Gasteiger partial charge < -0.3 is 5.32 Å². The number of benzene rings is 1. The number of nitrogens with one attached hydrogen (secondary N) is 1. The number of hydrogen-bond acceptors (Lipinski definition) is 2. The zero-order valence-electron chi connectivity index (χ0n) is 10.3. The summed E-state index contributed by atoms with van der Waals surface area (Å²) in [5.74, 6) is 0.150. The van der Waals surface area contributed by atoms with Gasteiger partial charge >= 0.3 is 0 Å². The second-order valence-electron chi connectivity index (χ2n) is 4.95. The Kier molecular flexibility index (Phi) is 2.58. The van der Waals surface area contributed by atoms with E-state index in [9.17, 15) is 9.59 Å². The number of nitrogens with zero attached hydrogens (tertiary/aromatic N) is 1.